The molecule has 0 saturated heterocycles. The van der Waals surface area contributed by atoms with E-state index in [1.54, 1.807) is 0 Å². The highest BCUT2D eigenvalue weighted by Gasteiger charge is 2.21. The predicted molar refractivity (Wildman–Crippen MR) is 97.7 cm³/mol. The van der Waals surface area contributed by atoms with E-state index in [9.17, 15) is 0 Å². The standard InChI is InChI=1S/C22H23O/c1-14-6-8-19(17(4)10-14)21-12-16(3)13-22(23-21)20-9-7-15(2)11-18(20)5/h6-13H,1-5H3/q+1. The SMILES string of the molecule is Cc1cc(-c2ccc(C)cc2C)[o+]c(-c2ccc(C)cc2C)c1. The summed E-state index contributed by atoms with van der Waals surface area (Å²) in [6.45, 7) is 10.6. The van der Waals surface area contributed by atoms with Crippen molar-refractivity contribution in [2.45, 2.75) is 34.6 Å². The number of hydrogen-bond donors (Lipinski definition) is 0. The second-order valence-corrected chi connectivity index (χ2v) is 6.50. The normalized spacial score (nSPS) is 10.8. The van der Waals surface area contributed by atoms with Crippen molar-refractivity contribution in [1.29, 1.82) is 0 Å². The minimum absolute atomic E-state index is 0.928. The summed E-state index contributed by atoms with van der Waals surface area (Å²) in [4.78, 5) is 0. The molecule has 0 aliphatic carbocycles. The Kier molecular flexibility index (Phi) is 4.04. The summed E-state index contributed by atoms with van der Waals surface area (Å²) in [7, 11) is 0. The lowest BCUT2D eigenvalue weighted by molar-refractivity contribution is 0.579. The van der Waals surface area contributed by atoms with E-state index in [1.807, 2.05) is 0 Å². The van der Waals surface area contributed by atoms with Crippen LogP contribution in [-0.4, -0.2) is 0 Å². The van der Waals surface area contributed by atoms with Gasteiger partial charge in [-0.3, -0.25) is 0 Å². The largest absolute Gasteiger partial charge is 0.361 e. The van der Waals surface area contributed by atoms with Crippen LogP contribution in [0.5, 0.6) is 0 Å². The topological polar surface area (TPSA) is 11.3 Å². The molecule has 3 aromatic rings. The van der Waals surface area contributed by atoms with Gasteiger partial charge in [-0.1, -0.05) is 35.4 Å². The minimum Gasteiger partial charge on any atom is -0.207 e. The first-order valence-electron chi connectivity index (χ1n) is 8.04. The van der Waals surface area contributed by atoms with Gasteiger partial charge in [0.25, 0.3) is 0 Å². The van der Waals surface area contributed by atoms with Crippen LogP contribution in [0.15, 0.2) is 52.9 Å². The van der Waals surface area contributed by atoms with Gasteiger partial charge in [-0.25, -0.2) is 4.42 Å². The second kappa shape index (κ2) is 6.00. The van der Waals surface area contributed by atoms with Gasteiger partial charge in [0.1, 0.15) is 0 Å². The molecule has 0 spiro atoms. The molecule has 3 rings (SSSR count). The van der Waals surface area contributed by atoms with E-state index in [2.05, 4.69) is 83.1 Å². The van der Waals surface area contributed by atoms with Crippen LogP contribution in [0.1, 0.15) is 27.8 Å². The van der Waals surface area contributed by atoms with E-state index in [0.29, 0.717) is 0 Å². The van der Waals surface area contributed by atoms with Crippen molar-refractivity contribution in [1.82, 2.24) is 0 Å². The van der Waals surface area contributed by atoms with E-state index in [0.717, 1.165) is 22.6 Å². The lowest BCUT2D eigenvalue weighted by Gasteiger charge is -2.04. The maximum atomic E-state index is 6.27. The van der Waals surface area contributed by atoms with Crippen LogP contribution < -0.4 is 0 Å². The Morgan fingerprint density at radius 3 is 1.35 bits per heavy atom. The fourth-order valence-electron chi connectivity index (χ4n) is 3.08. The first-order chi connectivity index (χ1) is 10.9. The fraction of sp³-hybridized carbons (Fsp3) is 0.227. The van der Waals surface area contributed by atoms with Crippen molar-refractivity contribution >= 4 is 0 Å². The highest BCUT2D eigenvalue weighted by Crippen LogP contribution is 2.32. The van der Waals surface area contributed by atoms with Crippen molar-refractivity contribution in [2.24, 2.45) is 0 Å². The molecule has 116 valence electrons. The Morgan fingerprint density at radius 2 is 0.957 bits per heavy atom. The van der Waals surface area contributed by atoms with Crippen LogP contribution in [0, 0.1) is 34.6 Å². The van der Waals surface area contributed by atoms with Crippen LogP contribution in [0.3, 0.4) is 0 Å². The molecule has 1 heterocycles. The van der Waals surface area contributed by atoms with Crippen LogP contribution in [0.4, 0.5) is 0 Å². The van der Waals surface area contributed by atoms with Crippen molar-refractivity contribution in [3.8, 4) is 22.6 Å². The van der Waals surface area contributed by atoms with E-state index in [1.165, 1.54) is 27.8 Å². The molecule has 1 nitrogen and oxygen atoms in total. The summed E-state index contributed by atoms with van der Waals surface area (Å²) < 4.78 is 6.27. The summed E-state index contributed by atoms with van der Waals surface area (Å²) in [6.07, 6.45) is 0. The average molecular weight is 303 g/mol. The minimum atomic E-state index is 0.928. The molecule has 0 saturated carbocycles. The summed E-state index contributed by atoms with van der Waals surface area (Å²) in [5.41, 5.74) is 8.55. The molecule has 0 fully saturated rings. The fourth-order valence-corrected chi connectivity index (χ4v) is 3.08. The molecule has 0 amide bonds. The Labute approximate surface area is 138 Å². The summed E-state index contributed by atoms with van der Waals surface area (Å²) in [5.74, 6) is 1.86. The van der Waals surface area contributed by atoms with Gasteiger partial charge in [0.05, 0.1) is 11.1 Å². The van der Waals surface area contributed by atoms with E-state index >= 15 is 0 Å². The molecular weight excluding hydrogens is 280 g/mol. The van der Waals surface area contributed by atoms with E-state index < -0.39 is 0 Å². The lowest BCUT2D eigenvalue weighted by Crippen LogP contribution is -1.90. The molecule has 0 aliphatic rings. The van der Waals surface area contributed by atoms with Crippen molar-refractivity contribution in [3.63, 3.8) is 0 Å². The van der Waals surface area contributed by atoms with Crippen molar-refractivity contribution in [2.75, 3.05) is 0 Å². The summed E-state index contributed by atoms with van der Waals surface area (Å²) >= 11 is 0. The Balaban J connectivity index is 2.16. The summed E-state index contributed by atoms with van der Waals surface area (Å²) in [6, 6.07) is 17.2. The zero-order valence-electron chi connectivity index (χ0n) is 14.5. The predicted octanol–water partition coefficient (Wildman–Crippen LogP) is 6.44. The Hall–Kier alpha value is -2.41. The molecule has 0 atom stereocenters. The quantitative estimate of drug-likeness (QED) is 0.496. The van der Waals surface area contributed by atoms with Gasteiger partial charge in [-0.2, -0.15) is 0 Å². The molecule has 23 heavy (non-hydrogen) atoms. The molecule has 0 N–H and O–H groups in total. The average Bonchev–Trinajstić information content (AvgIpc) is 2.46. The monoisotopic (exact) mass is 303 g/mol. The Bertz CT molecular complexity index is 805. The number of benzene rings is 2. The lowest BCUT2D eigenvalue weighted by atomic mass is 10.0. The van der Waals surface area contributed by atoms with Gasteiger partial charge < -0.3 is 0 Å². The number of aryl methyl sites for hydroxylation is 5. The number of hydrogen-bond acceptors (Lipinski definition) is 0. The van der Waals surface area contributed by atoms with Gasteiger partial charge in [0, 0.05) is 12.1 Å². The highest BCUT2D eigenvalue weighted by molar-refractivity contribution is 5.68. The van der Waals surface area contributed by atoms with Crippen molar-refractivity contribution in [3.05, 3.63) is 76.3 Å². The molecular formula is C22H23O+. The summed E-state index contributed by atoms with van der Waals surface area (Å²) in [5, 5.41) is 0. The maximum absolute atomic E-state index is 6.27. The van der Waals surface area contributed by atoms with E-state index in [-0.39, 0.29) is 0 Å². The first-order valence-corrected chi connectivity index (χ1v) is 8.04. The molecule has 0 aliphatic heterocycles. The van der Waals surface area contributed by atoms with Gasteiger partial charge >= 0.3 is 11.5 Å². The molecule has 2 aromatic carbocycles. The van der Waals surface area contributed by atoms with Gasteiger partial charge in [-0.15, -0.1) is 0 Å². The third-order valence-electron chi connectivity index (χ3n) is 4.23. The maximum Gasteiger partial charge on any atom is 0.361 e. The van der Waals surface area contributed by atoms with Gasteiger partial charge in [0.2, 0.25) is 0 Å². The third kappa shape index (κ3) is 3.19. The van der Waals surface area contributed by atoms with Crippen molar-refractivity contribution < 1.29 is 4.42 Å². The molecule has 0 radical (unpaired) electrons. The molecule has 1 aromatic heterocycles. The van der Waals surface area contributed by atoms with Crippen LogP contribution >= 0.6 is 0 Å². The highest BCUT2D eigenvalue weighted by atomic mass is 16.3. The molecule has 0 unspecified atom stereocenters. The van der Waals surface area contributed by atoms with Crippen LogP contribution in [-0.2, 0) is 0 Å². The van der Waals surface area contributed by atoms with Crippen LogP contribution in [0.25, 0.3) is 22.6 Å². The van der Waals surface area contributed by atoms with Gasteiger partial charge in [0.15, 0.2) is 0 Å². The zero-order valence-corrected chi connectivity index (χ0v) is 14.5. The first kappa shape index (κ1) is 15.5. The van der Waals surface area contributed by atoms with Gasteiger partial charge in [-0.05, 0) is 63.4 Å². The smallest absolute Gasteiger partial charge is 0.207 e. The van der Waals surface area contributed by atoms with E-state index in [4.69, 9.17) is 4.42 Å². The second-order valence-electron chi connectivity index (χ2n) is 6.50. The zero-order chi connectivity index (χ0) is 16.6. The molecule has 1 heteroatoms. The Morgan fingerprint density at radius 1 is 0.522 bits per heavy atom. The van der Waals surface area contributed by atoms with Crippen LogP contribution in [0.2, 0.25) is 0 Å². The number of rotatable bonds is 2. The molecule has 0 bridgehead atoms. The third-order valence-corrected chi connectivity index (χ3v) is 4.23.